The van der Waals surface area contributed by atoms with Crippen molar-refractivity contribution in [2.24, 2.45) is 0 Å². The Bertz CT molecular complexity index is 3660. The summed E-state index contributed by atoms with van der Waals surface area (Å²) in [6, 6.07) is 85.6. The molecule has 10 aromatic carbocycles. The zero-order valence-electron chi connectivity index (χ0n) is 36.8. The van der Waals surface area contributed by atoms with Gasteiger partial charge in [-0.15, -0.1) is 20.4 Å². The van der Waals surface area contributed by atoms with E-state index in [0.29, 0.717) is 11.6 Å². The first-order chi connectivity index (χ1) is 33.8. The van der Waals surface area contributed by atoms with E-state index in [2.05, 4.69) is 203 Å². The van der Waals surface area contributed by atoms with E-state index in [0.717, 1.165) is 73.1 Å². The zero-order valence-corrected chi connectivity index (χ0v) is 36.8. The SMILES string of the molecule is c1ccc(-c2cc(-c3cc(-c4nnc(-c5ccccc5)n4-c4ccccc4)cc(-c4nnc(-c5ccccc5)n4-c4ccccc4)c3)c(-c3ccccc3)c3c2-c2cccc4cccc-3c24)cc1. The van der Waals surface area contributed by atoms with Crippen LogP contribution >= 0.6 is 0 Å². The molecule has 12 aromatic rings. The Morgan fingerprint density at radius 3 is 1.07 bits per heavy atom. The molecule has 0 aliphatic heterocycles. The predicted molar refractivity (Wildman–Crippen MR) is 276 cm³/mol. The van der Waals surface area contributed by atoms with Crippen LogP contribution in [0.15, 0.2) is 243 Å². The van der Waals surface area contributed by atoms with Crippen molar-refractivity contribution in [2.75, 3.05) is 0 Å². The molecule has 0 atom stereocenters. The van der Waals surface area contributed by atoms with Crippen LogP contribution in [0, 0.1) is 0 Å². The first-order valence-electron chi connectivity index (χ1n) is 22.9. The third-order valence-corrected chi connectivity index (χ3v) is 13.1. The van der Waals surface area contributed by atoms with Crippen molar-refractivity contribution in [3.63, 3.8) is 0 Å². The summed E-state index contributed by atoms with van der Waals surface area (Å²) in [5.74, 6) is 2.90. The highest BCUT2D eigenvalue weighted by atomic mass is 15.3. The first kappa shape index (κ1) is 39.1. The molecule has 2 heterocycles. The topological polar surface area (TPSA) is 61.4 Å². The Labute approximate surface area is 393 Å². The maximum atomic E-state index is 5.07. The van der Waals surface area contributed by atoms with Gasteiger partial charge < -0.3 is 0 Å². The summed E-state index contributed by atoms with van der Waals surface area (Å²) in [5, 5.41) is 22.5. The number of hydrogen-bond donors (Lipinski definition) is 0. The number of fused-ring (bicyclic) bond motifs is 3. The molecule has 0 amide bonds. The molecule has 1 aliphatic rings. The van der Waals surface area contributed by atoms with Crippen molar-refractivity contribution < 1.29 is 0 Å². The summed E-state index contributed by atoms with van der Waals surface area (Å²) in [6.07, 6.45) is 0. The van der Waals surface area contributed by atoms with Crippen LogP contribution in [0.5, 0.6) is 0 Å². The Hall–Kier alpha value is -9.26. The van der Waals surface area contributed by atoms with Crippen LogP contribution in [0.2, 0.25) is 0 Å². The summed E-state index contributed by atoms with van der Waals surface area (Å²) >= 11 is 0. The lowest BCUT2D eigenvalue weighted by molar-refractivity contribution is 1.07. The van der Waals surface area contributed by atoms with Crippen LogP contribution in [0.3, 0.4) is 0 Å². The van der Waals surface area contributed by atoms with Gasteiger partial charge in [0, 0.05) is 33.6 Å². The van der Waals surface area contributed by atoms with Crippen molar-refractivity contribution >= 4 is 10.8 Å². The van der Waals surface area contributed by atoms with E-state index in [-0.39, 0.29) is 0 Å². The number of benzene rings is 10. The standard InChI is InChI=1S/C62H40N6/c1-7-21-41(22-8-1)53-40-54(56(43-23-9-2-10-24-43)58-52-36-20-30-42-29-19-35-51(55(42)52)57(53)58)46-37-47(61-65-63-59(44-25-11-3-12-26-44)67(61)49-31-15-5-16-32-49)39-48(38-46)62-66-64-60(45-27-13-4-14-28-45)68(62)50-33-17-6-18-34-50/h1-40H. The first-order valence-corrected chi connectivity index (χ1v) is 22.9. The third kappa shape index (κ3) is 6.50. The van der Waals surface area contributed by atoms with Crippen LogP contribution in [0.4, 0.5) is 0 Å². The molecular weight excluding hydrogens is 829 g/mol. The molecular formula is C62H40N6. The summed E-state index contributed by atoms with van der Waals surface area (Å²) in [6.45, 7) is 0. The van der Waals surface area contributed by atoms with Gasteiger partial charge in [-0.1, -0.05) is 194 Å². The normalized spacial score (nSPS) is 11.5. The fraction of sp³-hybridized carbons (Fsp3) is 0. The lowest BCUT2D eigenvalue weighted by atomic mass is 9.82. The number of rotatable bonds is 9. The zero-order chi connectivity index (χ0) is 45.0. The Balaban J connectivity index is 1.16. The molecule has 318 valence electrons. The molecule has 1 aliphatic carbocycles. The van der Waals surface area contributed by atoms with Crippen molar-refractivity contribution in [1.29, 1.82) is 0 Å². The number of aromatic nitrogens is 6. The lowest BCUT2D eigenvalue weighted by Crippen LogP contribution is -2.03. The largest absolute Gasteiger partial charge is 0.275 e. The Morgan fingerprint density at radius 1 is 0.235 bits per heavy atom. The molecule has 6 nitrogen and oxygen atoms in total. The molecule has 0 radical (unpaired) electrons. The van der Waals surface area contributed by atoms with Gasteiger partial charge in [0.25, 0.3) is 0 Å². The highest BCUT2D eigenvalue weighted by Crippen LogP contribution is 2.57. The highest BCUT2D eigenvalue weighted by molar-refractivity contribution is 6.22. The summed E-state index contributed by atoms with van der Waals surface area (Å²) in [7, 11) is 0. The van der Waals surface area contributed by atoms with E-state index >= 15 is 0 Å². The van der Waals surface area contributed by atoms with E-state index in [1.54, 1.807) is 0 Å². The molecule has 68 heavy (non-hydrogen) atoms. The Kier molecular flexibility index (Phi) is 9.39. The summed E-state index contributed by atoms with van der Waals surface area (Å²) in [5.41, 5.74) is 17.3. The number of nitrogens with zero attached hydrogens (tertiary/aromatic N) is 6. The van der Waals surface area contributed by atoms with Gasteiger partial charge in [-0.2, -0.15) is 0 Å². The highest BCUT2D eigenvalue weighted by Gasteiger charge is 2.31. The molecule has 0 N–H and O–H groups in total. The molecule has 0 unspecified atom stereocenters. The molecule has 13 rings (SSSR count). The van der Waals surface area contributed by atoms with Gasteiger partial charge in [0.1, 0.15) is 0 Å². The van der Waals surface area contributed by atoms with Gasteiger partial charge in [-0.25, -0.2) is 0 Å². The maximum Gasteiger partial charge on any atom is 0.168 e. The smallest absolute Gasteiger partial charge is 0.168 e. The number of para-hydroxylation sites is 2. The van der Waals surface area contributed by atoms with Crippen LogP contribution in [-0.2, 0) is 0 Å². The molecule has 2 aromatic heterocycles. The van der Waals surface area contributed by atoms with Gasteiger partial charge >= 0.3 is 0 Å². The van der Waals surface area contributed by atoms with E-state index < -0.39 is 0 Å². The summed E-state index contributed by atoms with van der Waals surface area (Å²) in [4.78, 5) is 0. The van der Waals surface area contributed by atoms with Gasteiger partial charge in [-0.05, 0) is 115 Å². The van der Waals surface area contributed by atoms with Crippen LogP contribution in [-0.4, -0.2) is 29.5 Å². The number of hydrogen-bond acceptors (Lipinski definition) is 4. The van der Waals surface area contributed by atoms with Gasteiger partial charge in [0.05, 0.1) is 0 Å². The fourth-order valence-corrected chi connectivity index (χ4v) is 10.1. The second-order valence-corrected chi connectivity index (χ2v) is 17.1. The lowest BCUT2D eigenvalue weighted by Gasteiger charge is -2.22. The van der Waals surface area contributed by atoms with Gasteiger partial charge in [0.15, 0.2) is 23.3 Å². The van der Waals surface area contributed by atoms with Crippen LogP contribution < -0.4 is 0 Å². The minimum Gasteiger partial charge on any atom is -0.275 e. The van der Waals surface area contributed by atoms with Crippen molar-refractivity contribution in [3.05, 3.63) is 243 Å². The van der Waals surface area contributed by atoms with E-state index in [9.17, 15) is 0 Å². The van der Waals surface area contributed by atoms with Crippen LogP contribution in [0.1, 0.15) is 0 Å². The quantitative estimate of drug-likeness (QED) is 0.145. The van der Waals surface area contributed by atoms with Crippen LogP contribution in [0.25, 0.3) is 123 Å². The minimum absolute atomic E-state index is 0.704. The third-order valence-electron chi connectivity index (χ3n) is 13.1. The molecule has 6 heteroatoms. The predicted octanol–water partition coefficient (Wildman–Crippen LogP) is 15.3. The monoisotopic (exact) mass is 868 g/mol. The molecule has 0 fully saturated rings. The van der Waals surface area contributed by atoms with E-state index in [4.69, 9.17) is 20.4 Å². The minimum atomic E-state index is 0.704. The maximum absolute atomic E-state index is 5.07. The van der Waals surface area contributed by atoms with Gasteiger partial charge in [-0.3, -0.25) is 9.13 Å². The molecule has 0 saturated heterocycles. The van der Waals surface area contributed by atoms with Crippen molar-refractivity contribution in [1.82, 2.24) is 29.5 Å². The van der Waals surface area contributed by atoms with E-state index in [1.807, 2.05) is 48.5 Å². The summed E-state index contributed by atoms with van der Waals surface area (Å²) < 4.78 is 4.34. The average molecular weight is 869 g/mol. The van der Waals surface area contributed by atoms with Crippen molar-refractivity contribution in [2.45, 2.75) is 0 Å². The molecule has 0 bridgehead atoms. The Morgan fingerprint density at radius 2 is 0.603 bits per heavy atom. The van der Waals surface area contributed by atoms with Crippen molar-refractivity contribution in [3.8, 4) is 113 Å². The second-order valence-electron chi connectivity index (χ2n) is 17.1. The molecule has 0 saturated carbocycles. The second kappa shape index (κ2) is 16.3. The van der Waals surface area contributed by atoms with E-state index in [1.165, 1.54) is 38.6 Å². The molecule has 0 spiro atoms. The van der Waals surface area contributed by atoms with Gasteiger partial charge in [0.2, 0.25) is 0 Å². The average Bonchev–Trinajstić information content (AvgIpc) is 4.16. The fourth-order valence-electron chi connectivity index (χ4n) is 10.1.